The Hall–Kier alpha value is -1.02. The van der Waals surface area contributed by atoms with Crippen LogP contribution in [-0.4, -0.2) is 29.6 Å². The average molecular weight is 272 g/mol. The third-order valence-corrected chi connectivity index (χ3v) is 5.13. The van der Waals surface area contributed by atoms with E-state index in [1.165, 1.54) is 55.5 Å². The van der Waals surface area contributed by atoms with E-state index in [1.807, 2.05) is 0 Å². The van der Waals surface area contributed by atoms with Gasteiger partial charge in [0.05, 0.1) is 0 Å². The molecule has 2 aliphatic rings. The highest BCUT2D eigenvalue weighted by molar-refractivity contribution is 5.57. The van der Waals surface area contributed by atoms with E-state index >= 15 is 0 Å². The van der Waals surface area contributed by atoms with Gasteiger partial charge < -0.3 is 5.32 Å². The maximum absolute atomic E-state index is 3.53. The van der Waals surface area contributed by atoms with Crippen molar-refractivity contribution in [2.24, 2.45) is 0 Å². The van der Waals surface area contributed by atoms with Crippen LogP contribution in [0.25, 0.3) is 0 Å². The van der Waals surface area contributed by atoms with Gasteiger partial charge in [0, 0.05) is 30.4 Å². The van der Waals surface area contributed by atoms with E-state index in [0.29, 0.717) is 6.04 Å². The number of hydrogen-bond donors (Lipinski definition) is 1. The van der Waals surface area contributed by atoms with Crippen molar-refractivity contribution in [1.29, 1.82) is 0 Å². The Balaban J connectivity index is 1.62. The minimum absolute atomic E-state index is 0.599. The molecular formula is C18H28N2. The zero-order valence-electron chi connectivity index (χ0n) is 13.2. The maximum atomic E-state index is 3.53. The second-order valence-electron chi connectivity index (χ2n) is 6.86. The van der Waals surface area contributed by atoms with Gasteiger partial charge >= 0.3 is 0 Å². The third-order valence-electron chi connectivity index (χ3n) is 5.13. The van der Waals surface area contributed by atoms with Gasteiger partial charge in [0.2, 0.25) is 0 Å². The first-order chi connectivity index (χ1) is 9.63. The summed E-state index contributed by atoms with van der Waals surface area (Å²) in [5, 5.41) is 3.53. The first-order valence-electron chi connectivity index (χ1n) is 8.27. The van der Waals surface area contributed by atoms with Crippen molar-refractivity contribution in [2.75, 3.05) is 11.9 Å². The standard InChI is InChI=1S/C18H28N2/c1-13-11-17-12-16(7-8-18(17)19-13)9-10-20-14(2)5-4-6-15(20)3/h7-8,12-15,19H,4-6,9-11H2,1-3H3. The first kappa shape index (κ1) is 13.9. The maximum Gasteiger partial charge on any atom is 0.0375 e. The number of nitrogens with one attached hydrogen (secondary N) is 1. The summed E-state index contributed by atoms with van der Waals surface area (Å²) in [5.74, 6) is 0. The summed E-state index contributed by atoms with van der Waals surface area (Å²) in [6, 6.07) is 9.12. The lowest BCUT2D eigenvalue weighted by atomic mass is 9.96. The van der Waals surface area contributed by atoms with Crippen molar-refractivity contribution >= 4 is 5.69 Å². The lowest BCUT2D eigenvalue weighted by Gasteiger charge is -2.39. The van der Waals surface area contributed by atoms with E-state index in [2.05, 4.69) is 49.2 Å². The number of hydrogen-bond acceptors (Lipinski definition) is 2. The predicted octanol–water partition coefficient (Wildman–Crippen LogP) is 3.85. The molecule has 0 amide bonds. The largest absolute Gasteiger partial charge is 0.382 e. The first-order valence-corrected chi connectivity index (χ1v) is 8.27. The lowest BCUT2D eigenvalue weighted by Crippen LogP contribution is -2.44. The number of likely N-dealkylation sites (tertiary alicyclic amines) is 1. The zero-order valence-corrected chi connectivity index (χ0v) is 13.2. The molecule has 1 aromatic carbocycles. The monoisotopic (exact) mass is 272 g/mol. The molecule has 0 aliphatic carbocycles. The fourth-order valence-corrected chi connectivity index (χ4v) is 3.93. The molecule has 0 spiro atoms. The van der Waals surface area contributed by atoms with E-state index in [-0.39, 0.29) is 0 Å². The summed E-state index contributed by atoms with van der Waals surface area (Å²) < 4.78 is 0. The molecule has 1 saturated heterocycles. The molecule has 0 saturated carbocycles. The van der Waals surface area contributed by atoms with Gasteiger partial charge in [-0.1, -0.05) is 18.6 Å². The van der Waals surface area contributed by atoms with Gasteiger partial charge in [-0.25, -0.2) is 0 Å². The van der Waals surface area contributed by atoms with Crippen LogP contribution in [0.1, 0.15) is 51.2 Å². The van der Waals surface area contributed by atoms with Gasteiger partial charge in [-0.05, 0) is 63.6 Å². The van der Waals surface area contributed by atoms with Gasteiger partial charge in [0.1, 0.15) is 0 Å². The minimum atomic E-state index is 0.599. The summed E-state index contributed by atoms with van der Waals surface area (Å²) in [4.78, 5) is 2.71. The highest BCUT2D eigenvalue weighted by Crippen LogP contribution is 2.27. The second-order valence-corrected chi connectivity index (χ2v) is 6.86. The van der Waals surface area contributed by atoms with Crippen LogP contribution in [0.4, 0.5) is 5.69 Å². The van der Waals surface area contributed by atoms with Gasteiger partial charge in [0.15, 0.2) is 0 Å². The Kier molecular flexibility index (Phi) is 4.02. The van der Waals surface area contributed by atoms with Crippen molar-refractivity contribution in [3.8, 4) is 0 Å². The molecule has 110 valence electrons. The molecule has 1 fully saturated rings. The van der Waals surface area contributed by atoms with Crippen LogP contribution in [0.15, 0.2) is 18.2 Å². The normalized spacial score (nSPS) is 30.1. The van der Waals surface area contributed by atoms with Gasteiger partial charge in [-0.15, -0.1) is 0 Å². The summed E-state index contributed by atoms with van der Waals surface area (Å²) in [6.07, 6.45) is 6.52. The summed E-state index contributed by atoms with van der Waals surface area (Å²) in [7, 11) is 0. The number of piperidine rings is 1. The topological polar surface area (TPSA) is 15.3 Å². The molecule has 0 bridgehead atoms. The molecule has 0 aromatic heterocycles. The number of benzene rings is 1. The Morgan fingerprint density at radius 2 is 1.90 bits per heavy atom. The molecular weight excluding hydrogens is 244 g/mol. The number of fused-ring (bicyclic) bond motifs is 1. The van der Waals surface area contributed by atoms with Crippen molar-refractivity contribution in [1.82, 2.24) is 4.90 Å². The van der Waals surface area contributed by atoms with E-state index in [0.717, 1.165) is 12.1 Å². The van der Waals surface area contributed by atoms with E-state index < -0.39 is 0 Å². The quantitative estimate of drug-likeness (QED) is 0.899. The fraction of sp³-hybridized carbons (Fsp3) is 0.667. The Bertz CT molecular complexity index is 458. The van der Waals surface area contributed by atoms with Crippen LogP contribution in [0.5, 0.6) is 0 Å². The number of rotatable bonds is 3. The minimum Gasteiger partial charge on any atom is -0.382 e. The number of nitrogens with zero attached hydrogens (tertiary/aromatic N) is 1. The predicted molar refractivity (Wildman–Crippen MR) is 86.4 cm³/mol. The molecule has 1 N–H and O–H groups in total. The lowest BCUT2D eigenvalue weighted by molar-refractivity contribution is 0.105. The molecule has 0 radical (unpaired) electrons. The summed E-state index contributed by atoms with van der Waals surface area (Å²) >= 11 is 0. The molecule has 1 aromatic rings. The summed E-state index contributed by atoms with van der Waals surface area (Å²) in [5.41, 5.74) is 4.36. The second kappa shape index (κ2) is 5.77. The van der Waals surface area contributed by atoms with E-state index in [1.54, 1.807) is 0 Å². The van der Waals surface area contributed by atoms with Gasteiger partial charge in [-0.2, -0.15) is 0 Å². The van der Waals surface area contributed by atoms with Gasteiger partial charge in [-0.3, -0.25) is 4.90 Å². The van der Waals surface area contributed by atoms with E-state index in [9.17, 15) is 0 Å². The molecule has 3 rings (SSSR count). The summed E-state index contributed by atoms with van der Waals surface area (Å²) in [6.45, 7) is 8.26. The van der Waals surface area contributed by atoms with Crippen molar-refractivity contribution in [2.45, 2.75) is 71.0 Å². The van der Waals surface area contributed by atoms with E-state index in [4.69, 9.17) is 0 Å². The molecule has 2 heteroatoms. The molecule has 2 nitrogen and oxygen atoms in total. The average Bonchev–Trinajstić information content (AvgIpc) is 2.77. The molecule has 3 atom stereocenters. The van der Waals surface area contributed by atoms with Crippen LogP contribution in [0.3, 0.4) is 0 Å². The zero-order chi connectivity index (χ0) is 14.1. The SMILES string of the molecule is CC1Cc2cc(CCN3C(C)CCCC3C)ccc2N1. The molecule has 20 heavy (non-hydrogen) atoms. The Morgan fingerprint density at radius 1 is 1.15 bits per heavy atom. The van der Waals surface area contributed by atoms with Crippen LogP contribution in [0.2, 0.25) is 0 Å². The van der Waals surface area contributed by atoms with Crippen LogP contribution < -0.4 is 5.32 Å². The Labute approximate surface area is 123 Å². The van der Waals surface area contributed by atoms with Crippen molar-refractivity contribution in [3.63, 3.8) is 0 Å². The van der Waals surface area contributed by atoms with Gasteiger partial charge in [0.25, 0.3) is 0 Å². The molecule has 2 heterocycles. The van der Waals surface area contributed by atoms with Crippen LogP contribution in [-0.2, 0) is 12.8 Å². The highest BCUT2D eigenvalue weighted by atomic mass is 15.2. The van der Waals surface area contributed by atoms with Crippen molar-refractivity contribution < 1.29 is 0 Å². The van der Waals surface area contributed by atoms with Crippen LogP contribution in [0, 0.1) is 0 Å². The molecule has 3 unspecified atom stereocenters. The number of anilines is 1. The fourth-order valence-electron chi connectivity index (χ4n) is 3.93. The van der Waals surface area contributed by atoms with Crippen molar-refractivity contribution in [3.05, 3.63) is 29.3 Å². The third kappa shape index (κ3) is 2.85. The highest BCUT2D eigenvalue weighted by Gasteiger charge is 2.24. The Morgan fingerprint density at radius 3 is 2.65 bits per heavy atom. The van der Waals surface area contributed by atoms with Crippen LogP contribution >= 0.6 is 0 Å². The smallest absolute Gasteiger partial charge is 0.0375 e. The molecule has 2 aliphatic heterocycles.